The first-order chi connectivity index (χ1) is 7.93. The number of nitrogens with zero attached hydrogens (tertiary/aromatic N) is 3. The van der Waals surface area contributed by atoms with Gasteiger partial charge in [-0.1, -0.05) is 0 Å². The molecule has 1 saturated heterocycles. The molecule has 1 fully saturated rings. The van der Waals surface area contributed by atoms with E-state index in [-0.39, 0.29) is 0 Å². The highest BCUT2D eigenvalue weighted by atomic mass is 15.2. The normalized spacial score (nSPS) is 19.5. The summed E-state index contributed by atoms with van der Waals surface area (Å²) >= 11 is 0. The van der Waals surface area contributed by atoms with Crippen molar-refractivity contribution in [3.8, 4) is 0 Å². The summed E-state index contributed by atoms with van der Waals surface area (Å²) < 4.78 is 2.30. The SMILES string of the molecule is c1nc2c(c3c1ncn3C1CNC1)CCN2. The number of anilines is 1. The molecule has 0 aliphatic carbocycles. The minimum Gasteiger partial charge on any atom is -0.369 e. The molecule has 5 heteroatoms. The van der Waals surface area contributed by atoms with Gasteiger partial charge in [-0.2, -0.15) is 0 Å². The van der Waals surface area contributed by atoms with Gasteiger partial charge in [0.05, 0.1) is 24.1 Å². The molecule has 2 aliphatic heterocycles. The van der Waals surface area contributed by atoms with Crippen molar-refractivity contribution < 1.29 is 0 Å². The fourth-order valence-electron chi connectivity index (χ4n) is 2.54. The fourth-order valence-corrected chi connectivity index (χ4v) is 2.54. The van der Waals surface area contributed by atoms with Gasteiger partial charge < -0.3 is 15.2 Å². The maximum Gasteiger partial charge on any atom is 0.131 e. The lowest BCUT2D eigenvalue weighted by Crippen LogP contribution is -2.43. The third kappa shape index (κ3) is 0.983. The Hall–Kier alpha value is -1.62. The van der Waals surface area contributed by atoms with E-state index < -0.39 is 0 Å². The molecular weight excluding hydrogens is 202 g/mol. The standard InChI is InChI=1S/C11H13N5/c1-2-13-11-8(1)10-9(5-14-11)15-6-16(10)7-3-12-4-7/h5-7,12H,1-4H2,(H,13,14). The van der Waals surface area contributed by atoms with Crippen molar-refractivity contribution in [1.29, 1.82) is 0 Å². The van der Waals surface area contributed by atoms with Crippen LogP contribution in [0.2, 0.25) is 0 Å². The average Bonchev–Trinajstić information content (AvgIpc) is 2.79. The minimum atomic E-state index is 0.567. The molecule has 16 heavy (non-hydrogen) atoms. The molecule has 2 aromatic rings. The Morgan fingerprint density at radius 1 is 1.31 bits per heavy atom. The van der Waals surface area contributed by atoms with Gasteiger partial charge >= 0.3 is 0 Å². The minimum absolute atomic E-state index is 0.567. The number of hydrogen-bond acceptors (Lipinski definition) is 4. The average molecular weight is 215 g/mol. The summed E-state index contributed by atoms with van der Waals surface area (Å²) in [6.45, 7) is 3.10. The van der Waals surface area contributed by atoms with Gasteiger partial charge in [0.15, 0.2) is 0 Å². The molecule has 0 spiro atoms. The van der Waals surface area contributed by atoms with Crippen LogP contribution in [0.1, 0.15) is 11.6 Å². The van der Waals surface area contributed by atoms with Crippen LogP contribution in [-0.4, -0.2) is 34.2 Å². The maximum atomic E-state index is 4.44. The van der Waals surface area contributed by atoms with Crippen LogP contribution in [-0.2, 0) is 6.42 Å². The highest BCUT2D eigenvalue weighted by Crippen LogP contribution is 2.30. The van der Waals surface area contributed by atoms with Gasteiger partial charge in [-0.3, -0.25) is 0 Å². The first kappa shape index (κ1) is 8.52. The summed E-state index contributed by atoms with van der Waals surface area (Å²) in [6, 6.07) is 0.567. The van der Waals surface area contributed by atoms with Gasteiger partial charge in [-0.25, -0.2) is 9.97 Å². The van der Waals surface area contributed by atoms with Crippen LogP contribution in [0.25, 0.3) is 11.0 Å². The Morgan fingerprint density at radius 2 is 2.25 bits per heavy atom. The van der Waals surface area contributed by atoms with Crippen molar-refractivity contribution in [1.82, 2.24) is 19.9 Å². The quantitative estimate of drug-likeness (QED) is 0.729. The zero-order valence-electron chi connectivity index (χ0n) is 8.90. The van der Waals surface area contributed by atoms with Crippen LogP contribution in [0.3, 0.4) is 0 Å². The number of pyridine rings is 1. The molecule has 5 nitrogen and oxygen atoms in total. The van der Waals surface area contributed by atoms with E-state index in [1.54, 1.807) is 0 Å². The zero-order valence-corrected chi connectivity index (χ0v) is 8.90. The first-order valence-electron chi connectivity index (χ1n) is 5.72. The Balaban J connectivity index is 1.99. The molecule has 0 bridgehead atoms. The molecule has 0 radical (unpaired) electrons. The number of hydrogen-bond donors (Lipinski definition) is 2. The van der Waals surface area contributed by atoms with Gasteiger partial charge in [0, 0.05) is 25.2 Å². The summed E-state index contributed by atoms with van der Waals surface area (Å²) in [4.78, 5) is 8.85. The summed E-state index contributed by atoms with van der Waals surface area (Å²) in [5.74, 6) is 1.04. The van der Waals surface area contributed by atoms with Crippen molar-refractivity contribution >= 4 is 16.9 Å². The topological polar surface area (TPSA) is 54.8 Å². The van der Waals surface area contributed by atoms with E-state index >= 15 is 0 Å². The molecule has 82 valence electrons. The second kappa shape index (κ2) is 2.95. The van der Waals surface area contributed by atoms with E-state index in [0.29, 0.717) is 6.04 Å². The molecule has 0 unspecified atom stereocenters. The fraction of sp³-hybridized carbons (Fsp3) is 0.455. The molecule has 4 heterocycles. The third-order valence-electron chi connectivity index (χ3n) is 3.53. The van der Waals surface area contributed by atoms with E-state index in [0.717, 1.165) is 37.4 Å². The van der Waals surface area contributed by atoms with E-state index in [1.807, 2.05) is 12.5 Å². The molecule has 2 aromatic heterocycles. The van der Waals surface area contributed by atoms with E-state index in [1.165, 1.54) is 11.1 Å². The molecule has 4 rings (SSSR count). The predicted octanol–water partition coefficient (Wildman–Crippen LogP) is 0.544. The van der Waals surface area contributed by atoms with Crippen LogP contribution < -0.4 is 10.6 Å². The monoisotopic (exact) mass is 215 g/mol. The largest absolute Gasteiger partial charge is 0.369 e. The summed E-state index contributed by atoms with van der Waals surface area (Å²) in [6.07, 6.45) is 4.89. The van der Waals surface area contributed by atoms with Crippen molar-refractivity contribution in [2.45, 2.75) is 12.5 Å². The number of fused-ring (bicyclic) bond motifs is 3. The van der Waals surface area contributed by atoms with Gasteiger partial charge in [0.1, 0.15) is 11.3 Å². The molecule has 0 saturated carbocycles. The Morgan fingerprint density at radius 3 is 3.06 bits per heavy atom. The second-order valence-corrected chi connectivity index (χ2v) is 4.46. The predicted molar refractivity (Wildman–Crippen MR) is 61.6 cm³/mol. The van der Waals surface area contributed by atoms with Crippen LogP contribution in [0, 0.1) is 0 Å². The van der Waals surface area contributed by atoms with E-state index in [9.17, 15) is 0 Å². The zero-order chi connectivity index (χ0) is 10.5. The number of imidazole rings is 1. The highest BCUT2D eigenvalue weighted by molar-refractivity contribution is 5.83. The number of aromatic nitrogens is 3. The number of nitrogens with one attached hydrogen (secondary N) is 2. The summed E-state index contributed by atoms with van der Waals surface area (Å²) in [7, 11) is 0. The Labute approximate surface area is 92.9 Å². The second-order valence-electron chi connectivity index (χ2n) is 4.46. The smallest absolute Gasteiger partial charge is 0.131 e. The Kier molecular flexibility index (Phi) is 1.57. The molecule has 0 amide bonds. The summed E-state index contributed by atoms with van der Waals surface area (Å²) in [5, 5.41) is 6.62. The van der Waals surface area contributed by atoms with E-state index in [2.05, 4.69) is 25.2 Å². The molecular formula is C11H13N5. The van der Waals surface area contributed by atoms with Gasteiger partial charge in [-0.05, 0) is 6.42 Å². The van der Waals surface area contributed by atoms with Crippen molar-refractivity contribution in [2.75, 3.05) is 25.0 Å². The van der Waals surface area contributed by atoms with Gasteiger partial charge in [-0.15, -0.1) is 0 Å². The lowest BCUT2D eigenvalue weighted by atomic mass is 10.1. The molecule has 0 atom stereocenters. The lowest BCUT2D eigenvalue weighted by Gasteiger charge is -2.29. The Bertz CT molecular complexity index is 555. The molecule has 2 aliphatic rings. The van der Waals surface area contributed by atoms with Gasteiger partial charge in [0.2, 0.25) is 0 Å². The van der Waals surface area contributed by atoms with Gasteiger partial charge in [0.25, 0.3) is 0 Å². The lowest BCUT2D eigenvalue weighted by molar-refractivity contribution is 0.350. The van der Waals surface area contributed by atoms with Crippen LogP contribution in [0.15, 0.2) is 12.5 Å². The summed E-state index contributed by atoms with van der Waals surface area (Å²) in [5.41, 5.74) is 3.64. The van der Waals surface area contributed by atoms with Crippen LogP contribution in [0.4, 0.5) is 5.82 Å². The van der Waals surface area contributed by atoms with Crippen molar-refractivity contribution in [2.24, 2.45) is 0 Å². The highest BCUT2D eigenvalue weighted by Gasteiger charge is 2.24. The van der Waals surface area contributed by atoms with Crippen molar-refractivity contribution in [3.05, 3.63) is 18.1 Å². The van der Waals surface area contributed by atoms with Crippen LogP contribution in [0.5, 0.6) is 0 Å². The van der Waals surface area contributed by atoms with E-state index in [4.69, 9.17) is 0 Å². The number of rotatable bonds is 1. The van der Waals surface area contributed by atoms with Crippen LogP contribution >= 0.6 is 0 Å². The first-order valence-corrected chi connectivity index (χ1v) is 5.72. The molecule has 2 N–H and O–H groups in total. The third-order valence-corrected chi connectivity index (χ3v) is 3.53. The maximum absolute atomic E-state index is 4.44. The van der Waals surface area contributed by atoms with Crippen molar-refractivity contribution in [3.63, 3.8) is 0 Å². The molecule has 0 aromatic carbocycles.